The summed E-state index contributed by atoms with van der Waals surface area (Å²) in [4.78, 5) is 2.51. The van der Waals surface area contributed by atoms with Crippen LogP contribution in [0.3, 0.4) is 0 Å². The summed E-state index contributed by atoms with van der Waals surface area (Å²) in [7, 11) is 0. The zero-order valence-electron chi connectivity index (χ0n) is 9.78. The van der Waals surface area contributed by atoms with Crippen molar-refractivity contribution in [2.45, 2.75) is 64.0 Å². The Labute approximate surface area is 93.3 Å². The number of nitriles is 1. The third-order valence-corrected chi connectivity index (χ3v) is 4.22. The molecule has 2 nitrogen and oxygen atoms in total. The van der Waals surface area contributed by atoms with Crippen LogP contribution in [-0.4, -0.2) is 23.5 Å². The van der Waals surface area contributed by atoms with Crippen LogP contribution in [0.1, 0.15) is 51.9 Å². The van der Waals surface area contributed by atoms with Crippen LogP contribution in [0.5, 0.6) is 0 Å². The standard InChI is InChI=1S/C13H22N2/c1-2-12(10-14)15-9-5-7-11-6-3-4-8-13(11)15/h11-13H,2-9H2,1H3. The second-order valence-electron chi connectivity index (χ2n) is 5.05. The van der Waals surface area contributed by atoms with Gasteiger partial charge in [-0.25, -0.2) is 0 Å². The topological polar surface area (TPSA) is 27.0 Å². The van der Waals surface area contributed by atoms with E-state index in [2.05, 4.69) is 17.9 Å². The summed E-state index contributed by atoms with van der Waals surface area (Å²) < 4.78 is 0. The van der Waals surface area contributed by atoms with E-state index in [4.69, 9.17) is 0 Å². The molecule has 0 aromatic rings. The Morgan fingerprint density at radius 1 is 1.27 bits per heavy atom. The van der Waals surface area contributed by atoms with Gasteiger partial charge in [0.25, 0.3) is 0 Å². The maximum Gasteiger partial charge on any atom is 0.0977 e. The molecule has 0 radical (unpaired) electrons. The minimum atomic E-state index is 0.177. The minimum absolute atomic E-state index is 0.177. The van der Waals surface area contributed by atoms with E-state index in [9.17, 15) is 5.26 Å². The van der Waals surface area contributed by atoms with Crippen LogP contribution < -0.4 is 0 Å². The van der Waals surface area contributed by atoms with Crippen LogP contribution in [0.4, 0.5) is 0 Å². The van der Waals surface area contributed by atoms with Gasteiger partial charge in [0.1, 0.15) is 0 Å². The van der Waals surface area contributed by atoms with Crippen molar-refractivity contribution < 1.29 is 0 Å². The molecule has 0 N–H and O–H groups in total. The molecule has 2 fully saturated rings. The van der Waals surface area contributed by atoms with Crippen LogP contribution in [0.25, 0.3) is 0 Å². The average molecular weight is 206 g/mol. The first-order chi connectivity index (χ1) is 7.36. The predicted molar refractivity (Wildman–Crippen MR) is 61.4 cm³/mol. The SMILES string of the molecule is CCC(C#N)N1CCCC2CCCCC21. The first kappa shape index (κ1) is 11.0. The van der Waals surface area contributed by atoms with E-state index in [0.29, 0.717) is 0 Å². The molecule has 2 rings (SSSR count). The molecule has 1 heterocycles. The molecule has 0 aromatic carbocycles. The van der Waals surface area contributed by atoms with E-state index in [1.165, 1.54) is 38.5 Å². The minimum Gasteiger partial charge on any atom is -0.285 e. The van der Waals surface area contributed by atoms with E-state index in [0.717, 1.165) is 24.9 Å². The zero-order chi connectivity index (χ0) is 10.7. The van der Waals surface area contributed by atoms with Crippen LogP contribution in [-0.2, 0) is 0 Å². The first-order valence-corrected chi connectivity index (χ1v) is 6.52. The highest BCUT2D eigenvalue weighted by Crippen LogP contribution is 2.36. The molecule has 1 aliphatic heterocycles. The predicted octanol–water partition coefficient (Wildman–Crippen LogP) is 2.94. The molecular weight excluding hydrogens is 184 g/mol. The molecule has 15 heavy (non-hydrogen) atoms. The van der Waals surface area contributed by atoms with Crippen molar-refractivity contribution in [1.29, 1.82) is 5.26 Å². The number of fused-ring (bicyclic) bond motifs is 1. The monoisotopic (exact) mass is 206 g/mol. The normalized spacial score (nSPS) is 34.1. The maximum atomic E-state index is 9.18. The number of hydrogen-bond donors (Lipinski definition) is 0. The Hall–Kier alpha value is -0.550. The van der Waals surface area contributed by atoms with Crippen LogP contribution >= 0.6 is 0 Å². The van der Waals surface area contributed by atoms with Crippen molar-refractivity contribution >= 4 is 0 Å². The Kier molecular flexibility index (Phi) is 3.64. The lowest BCUT2D eigenvalue weighted by molar-refractivity contribution is 0.0412. The molecule has 1 aliphatic carbocycles. The Morgan fingerprint density at radius 3 is 2.73 bits per heavy atom. The second kappa shape index (κ2) is 4.99. The lowest BCUT2D eigenvalue weighted by Gasteiger charge is -2.45. The van der Waals surface area contributed by atoms with Gasteiger partial charge < -0.3 is 0 Å². The Morgan fingerprint density at radius 2 is 2.00 bits per heavy atom. The van der Waals surface area contributed by atoms with Gasteiger partial charge >= 0.3 is 0 Å². The van der Waals surface area contributed by atoms with Gasteiger partial charge in [-0.2, -0.15) is 5.26 Å². The molecule has 2 aliphatic rings. The number of nitrogens with zero attached hydrogens (tertiary/aromatic N) is 2. The van der Waals surface area contributed by atoms with Gasteiger partial charge in [0.15, 0.2) is 0 Å². The van der Waals surface area contributed by atoms with E-state index in [1.807, 2.05) is 0 Å². The summed E-state index contributed by atoms with van der Waals surface area (Å²) in [6, 6.07) is 3.39. The lowest BCUT2D eigenvalue weighted by atomic mass is 9.77. The van der Waals surface area contributed by atoms with Gasteiger partial charge in [-0.05, 0) is 44.6 Å². The average Bonchev–Trinajstić information content (AvgIpc) is 2.31. The highest BCUT2D eigenvalue weighted by atomic mass is 15.2. The number of piperidine rings is 1. The van der Waals surface area contributed by atoms with Gasteiger partial charge in [0, 0.05) is 6.04 Å². The van der Waals surface area contributed by atoms with Gasteiger partial charge in [0.2, 0.25) is 0 Å². The van der Waals surface area contributed by atoms with Crippen LogP contribution in [0.2, 0.25) is 0 Å². The number of hydrogen-bond acceptors (Lipinski definition) is 2. The van der Waals surface area contributed by atoms with Crippen molar-refractivity contribution in [2.75, 3.05) is 6.54 Å². The molecule has 0 bridgehead atoms. The summed E-state index contributed by atoms with van der Waals surface area (Å²) in [5, 5.41) is 9.18. The molecule has 0 aromatic heterocycles. The molecule has 3 atom stereocenters. The molecular formula is C13H22N2. The Balaban J connectivity index is 2.06. The van der Waals surface area contributed by atoms with E-state index in [1.54, 1.807) is 0 Å². The van der Waals surface area contributed by atoms with Crippen molar-refractivity contribution in [1.82, 2.24) is 4.90 Å². The van der Waals surface area contributed by atoms with Gasteiger partial charge in [0.05, 0.1) is 12.1 Å². The van der Waals surface area contributed by atoms with Gasteiger partial charge in [-0.1, -0.05) is 19.8 Å². The number of rotatable bonds is 2. The maximum absolute atomic E-state index is 9.18. The van der Waals surface area contributed by atoms with E-state index in [-0.39, 0.29) is 6.04 Å². The molecule has 84 valence electrons. The summed E-state index contributed by atoms with van der Waals surface area (Å²) >= 11 is 0. The second-order valence-corrected chi connectivity index (χ2v) is 5.05. The highest BCUT2D eigenvalue weighted by molar-refractivity contribution is 4.98. The highest BCUT2D eigenvalue weighted by Gasteiger charge is 2.35. The molecule has 0 amide bonds. The molecule has 3 unspecified atom stereocenters. The number of likely N-dealkylation sites (tertiary alicyclic amines) is 1. The van der Waals surface area contributed by atoms with Gasteiger partial charge in [-0.3, -0.25) is 4.90 Å². The fourth-order valence-electron chi connectivity index (χ4n) is 3.45. The van der Waals surface area contributed by atoms with Crippen molar-refractivity contribution in [3.8, 4) is 6.07 Å². The largest absolute Gasteiger partial charge is 0.285 e. The zero-order valence-corrected chi connectivity index (χ0v) is 9.78. The smallest absolute Gasteiger partial charge is 0.0977 e. The molecule has 0 spiro atoms. The molecule has 2 heteroatoms. The van der Waals surface area contributed by atoms with Crippen molar-refractivity contribution in [3.05, 3.63) is 0 Å². The summed E-state index contributed by atoms with van der Waals surface area (Å²) in [5.74, 6) is 0.898. The van der Waals surface area contributed by atoms with Gasteiger partial charge in [-0.15, -0.1) is 0 Å². The summed E-state index contributed by atoms with van der Waals surface area (Å²) in [6.07, 6.45) is 9.23. The van der Waals surface area contributed by atoms with E-state index >= 15 is 0 Å². The molecule has 1 saturated heterocycles. The van der Waals surface area contributed by atoms with Crippen LogP contribution in [0.15, 0.2) is 0 Å². The first-order valence-electron chi connectivity index (χ1n) is 6.52. The fraction of sp³-hybridized carbons (Fsp3) is 0.923. The van der Waals surface area contributed by atoms with Crippen molar-refractivity contribution in [3.63, 3.8) is 0 Å². The fourth-order valence-corrected chi connectivity index (χ4v) is 3.45. The lowest BCUT2D eigenvalue weighted by Crippen LogP contribution is -2.50. The molecule has 1 saturated carbocycles. The van der Waals surface area contributed by atoms with E-state index < -0.39 is 0 Å². The third kappa shape index (κ3) is 2.18. The van der Waals surface area contributed by atoms with Crippen molar-refractivity contribution in [2.24, 2.45) is 5.92 Å². The summed E-state index contributed by atoms with van der Waals surface area (Å²) in [6.45, 7) is 3.30. The third-order valence-electron chi connectivity index (χ3n) is 4.22. The Bertz CT molecular complexity index is 241. The summed E-state index contributed by atoms with van der Waals surface area (Å²) in [5.41, 5.74) is 0. The quantitative estimate of drug-likeness (QED) is 0.694. The van der Waals surface area contributed by atoms with Crippen LogP contribution in [0, 0.1) is 17.2 Å².